The number of aliphatic imine (C=N–C) groups is 1. The van der Waals surface area contributed by atoms with Gasteiger partial charge in [0.05, 0.1) is 13.2 Å². The van der Waals surface area contributed by atoms with Gasteiger partial charge in [-0.15, -0.1) is 0 Å². The van der Waals surface area contributed by atoms with Gasteiger partial charge in [-0.1, -0.05) is 56.7 Å². The zero-order valence-corrected chi connectivity index (χ0v) is 22.9. The predicted molar refractivity (Wildman–Crippen MR) is 142 cm³/mol. The largest absolute Gasteiger partial charge is 0.508 e. The van der Waals surface area contributed by atoms with Gasteiger partial charge in [-0.05, 0) is 38.0 Å². The van der Waals surface area contributed by atoms with E-state index in [1.807, 2.05) is 20.8 Å². The van der Waals surface area contributed by atoms with Crippen LogP contribution in [-0.4, -0.2) is 90.3 Å². The molecule has 0 saturated heterocycles. The zero-order chi connectivity index (χ0) is 28.7. The number of carbonyl (C=O) groups is 3. The number of carbonyl (C=O) groups excluding carboxylic acids is 3. The van der Waals surface area contributed by atoms with Crippen LogP contribution in [0.5, 0.6) is 0 Å². The number of nitrogens with one attached hydrogen (secondary N) is 1. The lowest BCUT2D eigenvalue weighted by Crippen LogP contribution is -2.48. The molecule has 0 heterocycles. The van der Waals surface area contributed by atoms with Gasteiger partial charge in [0.2, 0.25) is 0 Å². The highest BCUT2D eigenvalue weighted by Gasteiger charge is 2.35. The van der Waals surface area contributed by atoms with E-state index >= 15 is 0 Å². The molecule has 0 saturated carbocycles. The van der Waals surface area contributed by atoms with Crippen LogP contribution in [0.1, 0.15) is 53.4 Å². The van der Waals surface area contributed by atoms with Crippen molar-refractivity contribution >= 4 is 23.7 Å². The number of aliphatic hydroxyl groups excluding tert-OH is 3. The van der Waals surface area contributed by atoms with Crippen molar-refractivity contribution in [2.75, 3.05) is 26.9 Å². The molecule has 0 aliphatic heterocycles. The Morgan fingerprint density at radius 2 is 1.79 bits per heavy atom. The van der Waals surface area contributed by atoms with E-state index < -0.39 is 42.4 Å². The third kappa shape index (κ3) is 13.1. The number of rotatable bonds is 14. The summed E-state index contributed by atoms with van der Waals surface area (Å²) in [5, 5.41) is 33.1. The van der Waals surface area contributed by atoms with E-state index in [4.69, 9.17) is 14.2 Å². The van der Waals surface area contributed by atoms with Gasteiger partial charge in [-0.3, -0.25) is 9.59 Å². The molecule has 0 aromatic heterocycles. The number of hydrogen-bond donors (Lipinski definition) is 4. The molecule has 0 aromatic carbocycles. The van der Waals surface area contributed by atoms with E-state index in [0.717, 1.165) is 26.4 Å². The van der Waals surface area contributed by atoms with Crippen LogP contribution in [0.2, 0.25) is 0 Å². The minimum atomic E-state index is -1.80. The molecule has 0 bridgehead atoms. The Labute approximate surface area is 224 Å². The molecule has 0 spiro atoms. The fourth-order valence-electron chi connectivity index (χ4n) is 3.30. The Bertz CT molecular complexity index is 903. The fraction of sp³-hybridized carbons (Fsp3) is 0.630. The van der Waals surface area contributed by atoms with Gasteiger partial charge in [0.1, 0.15) is 30.6 Å². The molecular formula is C27H42N2O9. The summed E-state index contributed by atoms with van der Waals surface area (Å²) in [4.78, 5) is 39.9. The van der Waals surface area contributed by atoms with Crippen LogP contribution in [0.4, 0.5) is 4.79 Å². The molecule has 0 aromatic rings. The first kappa shape index (κ1) is 33.2. The Hall–Kier alpha value is -2.86. The van der Waals surface area contributed by atoms with Gasteiger partial charge in [0.25, 0.3) is 11.8 Å². The zero-order valence-electron chi connectivity index (χ0n) is 22.9. The van der Waals surface area contributed by atoms with Crippen LogP contribution >= 0.6 is 0 Å². The van der Waals surface area contributed by atoms with E-state index in [1.54, 1.807) is 6.08 Å². The lowest BCUT2D eigenvalue weighted by molar-refractivity contribution is -0.145. The minimum Gasteiger partial charge on any atom is -0.434 e. The van der Waals surface area contributed by atoms with Crippen molar-refractivity contribution in [2.24, 2.45) is 10.4 Å². The fourth-order valence-corrected chi connectivity index (χ4v) is 3.30. The summed E-state index contributed by atoms with van der Waals surface area (Å²) in [6.45, 7) is 6.95. The molecule has 4 atom stereocenters. The third-order valence-electron chi connectivity index (χ3n) is 5.42. The van der Waals surface area contributed by atoms with Crippen molar-refractivity contribution in [1.29, 1.82) is 0 Å². The first-order chi connectivity index (χ1) is 17.9. The highest BCUT2D eigenvalue weighted by atomic mass is 16.7. The van der Waals surface area contributed by atoms with E-state index in [-0.39, 0.29) is 30.9 Å². The molecule has 1 rings (SSSR count). The standard InChI is InChI=1S/C27H42N2O9/c1-18(29-25(34)23(36-5)22(32)21(31)20(30)13-14-27(2,3)4)24(33)28-15-17-38-26(35)37-16-9-12-19-10-7-6-8-11-19/h7,10-11,13-14,20-23,30-32H,6,8-9,12,15-17H2,1-5H3,(H,28,33)/b14-13+,29-18+/t20-,21+,22-,23-/m1/s1. The number of nitrogens with zero attached hydrogens (tertiary/aromatic N) is 1. The van der Waals surface area contributed by atoms with E-state index in [9.17, 15) is 29.7 Å². The van der Waals surface area contributed by atoms with Crippen LogP contribution in [0.15, 0.2) is 40.9 Å². The Morgan fingerprint density at radius 3 is 2.39 bits per heavy atom. The van der Waals surface area contributed by atoms with Crippen molar-refractivity contribution in [1.82, 2.24) is 5.32 Å². The molecule has 1 aliphatic carbocycles. The molecular weight excluding hydrogens is 496 g/mol. The first-order valence-electron chi connectivity index (χ1n) is 12.6. The van der Waals surface area contributed by atoms with Crippen LogP contribution < -0.4 is 5.32 Å². The molecule has 11 heteroatoms. The molecule has 4 N–H and O–H groups in total. The van der Waals surface area contributed by atoms with Crippen LogP contribution in [0.3, 0.4) is 0 Å². The number of hydrogen-bond acceptors (Lipinski definition) is 9. The lowest BCUT2D eigenvalue weighted by atomic mass is 9.94. The molecule has 38 heavy (non-hydrogen) atoms. The van der Waals surface area contributed by atoms with E-state index in [2.05, 4.69) is 28.5 Å². The second-order valence-electron chi connectivity index (χ2n) is 9.95. The third-order valence-corrected chi connectivity index (χ3v) is 5.42. The second kappa shape index (κ2) is 16.9. The van der Waals surface area contributed by atoms with Crippen LogP contribution in [0.25, 0.3) is 0 Å². The minimum absolute atomic E-state index is 0.0476. The number of aliphatic hydroxyl groups is 3. The maximum Gasteiger partial charge on any atom is 0.508 e. The second-order valence-corrected chi connectivity index (χ2v) is 9.95. The smallest absolute Gasteiger partial charge is 0.434 e. The number of ether oxygens (including phenoxy) is 3. The molecule has 0 unspecified atom stereocenters. The molecule has 0 radical (unpaired) electrons. The van der Waals surface area contributed by atoms with Gasteiger partial charge < -0.3 is 34.8 Å². The van der Waals surface area contributed by atoms with Gasteiger partial charge in [0, 0.05) is 7.11 Å². The summed E-state index contributed by atoms with van der Waals surface area (Å²) in [7, 11) is 1.13. The average molecular weight is 539 g/mol. The normalized spacial score (nSPS) is 17.4. The van der Waals surface area contributed by atoms with Crippen molar-refractivity contribution in [2.45, 2.75) is 77.8 Å². The molecule has 214 valence electrons. The molecule has 0 fully saturated rings. The summed E-state index contributed by atoms with van der Waals surface area (Å²) in [5.41, 5.74) is 0.715. The Morgan fingerprint density at radius 1 is 1.11 bits per heavy atom. The topological polar surface area (TPSA) is 164 Å². The van der Waals surface area contributed by atoms with E-state index in [0.29, 0.717) is 6.42 Å². The number of amides is 2. The van der Waals surface area contributed by atoms with Gasteiger partial charge in [0.15, 0.2) is 6.10 Å². The quantitative estimate of drug-likeness (QED) is 0.112. The first-order valence-corrected chi connectivity index (χ1v) is 12.6. The predicted octanol–water partition coefficient (Wildman–Crippen LogP) is 2.00. The van der Waals surface area contributed by atoms with Crippen LogP contribution in [0, 0.1) is 5.41 Å². The number of methoxy groups -OCH3 is 1. The maximum atomic E-state index is 12.5. The van der Waals surface area contributed by atoms with Gasteiger partial charge in [-0.2, -0.15) is 0 Å². The number of allylic oxidation sites excluding steroid dienone is 5. The van der Waals surface area contributed by atoms with Crippen molar-refractivity contribution in [3.05, 3.63) is 36.0 Å². The molecule has 1 aliphatic rings. The summed E-state index contributed by atoms with van der Waals surface area (Å²) >= 11 is 0. The van der Waals surface area contributed by atoms with Crippen molar-refractivity contribution in [3.63, 3.8) is 0 Å². The van der Waals surface area contributed by atoms with Gasteiger partial charge in [-0.25, -0.2) is 9.79 Å². The summed E-state index contributed by atoms with van der Waals surface area (Å²) in [6, 6.07) is 0. The SMILES string of the molecule is CO[C@@H](C(=O)/N=C(\C)C(=O)NCCOC(=O)OCCCC1=CCCC=C1)[C@H](O)[C@@H](O)[C@H](O)/C=C/C(C)(C)C. The summed E-state index contributed by atoms with van der Waals surface area (Å²) < 4.78 is 14.9. The highest BCUT2D eigenvalue weighted by Crippen LogP contribution is 2.17. The Kier molecular flexibility index (Phi) is 14.7. The molecule has 11 nitrogen and oxygen atoms in total. The summed E-state index contributed by atoms with van der Waals surface area (Å²) in [6.07, 6.45) is 5.43. The van der Waals surface area contributed by atoms with Crippen molar-refractivity contribution in [3.8, 4) is 0 Å². The highest BCUT2D eigenvalue weighted by molar-refractivity contribution is 6.39. The maximum absolute atomic E-state index is 12.5. The summed E-state index contributed by atoms with van der Waals surface area (Å²) in [5.74, 6) is -1.72. The Balaban J connectivity index is 2.42. The van der Waals surface area contributed by atoms with Crippen LogP contribution in [-0.2, 0) is 23.8 Å². The molecule has 2 amide bonds. The average Bonchev–Trinajstić information content (AvgIpc) is 2.87. The van der Waals surface area contributed by atoms with Crippen molar-refractivity contribution < 1.29 is 43.9 Å². The lowest BCUT2D eigenvalue weighted by Gasteiger charge is -2.26. The monoisotopic (exact) mass is 538 g/mol. The van der Waals surface area contributed by atoms with Gasteiger partial charge >= 0.3 is 6.16 Å². The van der Waals surface area contributed by atoms with E-state index in [1.165, 1.54) is 18.6 Å².